The highest BCUT2D eigenvalue weighted by molar-refractivity contribution is 5.89. The lowest BCUT2D eigenvalue weighted by atomic mass is 10.1. The van der Waals surface area contributed by atoms with Crippen molar-refractivity contribution in [1.29, 1.82) is 0 Å². The van der Waals surface area contributed by atoms with Crippen LogP contribution in [0.1, 0.15) is 45.7 Å². The predicted octanol–water partition coefficient (Wildman–Crippen LogP) is 4.05. The summed E-state index contributed by atoms with van der Waals surface area (Å²) in [5, 5.41) is 4.22. The number of benzene rings is 1. The summed E-state index contributed by atoms with van der Waals surface area (Å²) in [5.74, 6) is 0.988. The van der Waals surface area contributed by atoms with E-state index in [0.29, 0.717) is 6.54 Å². The van der Waals surface area contributed by atoms with E-state index in [0.717, 1.165) is 25.2 Å². The average molecular weight is 344 g/mol. The van der Waals surface area contributed by atoms with E-state index in [4.69, 9.17) is 9.47 Å². The number of hydrogen-bond acceptors (Lipinski definition) is 3. The molecule has 0 fully saturated rings. The van der Waals surface area contributed by atoms with Crippen molar-refractivity contribution in [2.45, 2.75) is 65.6 Å². The SMILES string of the molecule is CCc1cn(C[C@H](C)NC(=O)OC(C)(C)C)c2c3c(ccc12)OCC3. The molecule has 25 heavy (non-hydrogen) atoms. The highest BCUT2D eigenvalue weighted by Gasteiger charge is 2.22. The minimum Gasteiger partial charge on any atom is -0.493 e. The normalized spacial score (nSPS) is 14.9. The monoisotopic (exact) mass is 344 g/mol. The molecule has 1 N–H and O–H groups in total. The minimum absolute atomic E-state index is 0.0340. The summed E-state index contributed by atoms with van der Waals surface area (Å²) in [6, 6.07) is 4.20. The molecule has 0 spiro atoms. The van der Waals surface area contributed by atoms with Gasteiger partial charge in [0.15, 0.2) is 0 Å². The molecule has 0 bridgehead atoms. The first-order valence-electron chi connectivity index (χ1n) is 9.04. The molecule has 1 amide bonds. The molecule has 1 atom stereocenters. The number of alkyl carbamates (subject to hydrolysis) is 1. The Bertz CT molecular complexity index is 786. The van der Waals surface area contributed by atoms with Gasteiger partial charge in [0, 0.05) is 36.2 Å². The zero-order valence-electron chi connectivity index (χ0n) is 15.8. The van der Waals surface area contributed by atoms with Crippen molar-refractivity contribution in [1.82, 2.24) is 9.88 Å². The van der Waals surface area contributed by atoms with Crippen LogP contribution < -0.4 is 10.1 Å². The molecular weight excluding hydrogens is 316 g/mol. The largest absolute Gasteiger partial charge is 0.493 e. The van der Waals surface area contributed by atoms with Crippen molar-refractivity contribution in [2.75, 3.05) is 6.61 Å². The van der Waals surface area contributed by atoms with E-state index in [1.54, 1.807) is 0 Å². The standard InChI is InChI=1S/C20H28N2O3/c1-6-14-12-22(11-13(2)21-19(23)25-20(3,4)5)18-15(14)7-8-17-16(18)9-10-24-17/h7-8,12-13H,6,9-11H2,1-5H3,(H,21,23)/t13-/m0/s1. The third kappa shape index (κ3) is 3.75. The van der Waals surface area contributed by atoms with E-state index in [1.807, 2.05) is 27.7 Å². The summed E-state index contributed by atoms with van der Waals surface area (Å²) < 4.78 is 13.3. The maximum atomic E-state index is 12.0. The van der Waals surface area contributed by atoms with Gasteiger partial charge in [0.1, 0.15) is 11.4 Å². The molecule has 0 unspecified atom stereocenters. The molecule has 1 aromatic heterocycles. The number of aromatic nitrogens is 1. The quantitative estimate of drug-likeness (QED) is 0.910. The number of aryl methyl sites for hydroxylation is 1. The lowest BCUT2D eigenvalue weighted by molar-refractivity contribution is 0.0504. The van der Waals surface area contributed by atoms with E-state index in [9.17, 15) is 4.79 Å². The number of fused-ring (bicyclic) bond motifs is 3. The second-order valence-electron chi connectivity index (χ2n) is 7.74. The summed E-state index contributed by atoms with van der Waals surface area (Å²) >= 11 is 0. The summed E-state index contributed by atoms with van der Waals surface area (Å²) in [7, 11) is 0. The lowest BCUT2D eigenvalue weighted by Gasteiger charge is -2.22. The number of rotatable bonds is 4. The van der Waals surface area contributed by atoms with Crippen molar-refractivity contribution < 1.29 is 14.3 Å². The van der Waals surface area contributed by atoms with Crippen molar-refractivity contribution >= 4 is 17.0 Å². The van der Waals surface area contributed by atoms with Gasteiger partial charge in [-0.05, 0) is 51.8 Å². The summed E-state index contributed by atoms with van der Waals surface area (Å²) in [5.41, 5.74) is 3.36. The van der Waals surface area contributed by atoms with Crippen LogP contribution in [0.5, 0.6) is 5.75 Å². The van der Waals surface area contributed by atoms with Gasteiger partial charge in [0.25, 0.3) is 0 Å². The van der Waals surface area contributed by atoms with Gasteiger partial charge >= 0.3 is 6.09 Å². The fourth-order valence-corrected chi connectivity index (χ4v) is 3.44. The molecular formula is C20H28N2O3. The number of amides is 1. The molecule has 0 saturated carbocycles. The molecule has 136 valence electrons. The van der Waals surface area contributed by atoms with Crippen molar-refractivity contribution in [2.24, 2.45) is 0 Å². The van der Waals surface area contributed by atoms with Crippen molar-refractivity contribution in [3.8, 4) is 5.75 Å². The maximum Gasteiger partial charge on any atom is 0.407 e. The van der Waals surface area contributed by atoms with Crippen LogP contribution in [0.2, 0.25) is 0 Å². The third-order valence-electron chi connectivity index (χ3n) is 4.41. The summed E-state index contributed by atoms with van der Waals surface area (Å²) in [6.45, 7) is 11.2. The number of nitrogens with zero attached hydrogens (tertiary/aromatic N) is 1. The topological polar surface area (TPSA) is 52.5 Å². The smallest absolute Gasteiger partial charge is 0.407 e. The van der Waals surface area contributed by atoms with Gasteiger partial charge < -0.3 is 19.4 Å². The number of ether oxygens (including phenoxy) is 2. The third-order valence-corrected chi connectivity index (χ3v) is 4.41. The minimum atomic E-state index is -0.489. The molecule has 0 radical (unpaired) electrons. The van der Waals surface area contributed by atoms with Gasteiger partial charge in [0.2, 0.25) is 0 Å². The van der Waals surface area contributed by atoms with Crippen LogP contribution in [-0.4, -0.2) is 28.9 Å². The van der Waals surface area contributed by atoms with E-state index in [-0.39, 0.29) is 12.1 Å². The average Bonchev–Trinajstić information content (AvgIpc) is 3.08. The Hall–Kier alpha value is -2.17. The summed E-state index contributed by atoms with van der Waals surface area (Å²) in [4.78, 5) is 12.0. The highest BCUT2D eigenvalue weighted by atomic mass is 16.6. The van der Waals surface area contributed by atoms with Gasteiger partial charge in [-0.3, -0.25) is 0 Å². The molecule has 1 aromatic carbocycles. The second-order valence-corrected chi connectivity index (χ2v) is 7.74. The Morgan fingerprint density at radius 3 is 2.84 bits per heavy atom. The van der Waals surface area contributed by atoms with Crippen molar-refractivity contribution in [3.63, 3.8) is 0 Å². The van der Waals surface area contributed by atoms with Gasteiger partial charge in [-0.15, -0.1) is 0 Å². The van der Waals surface area contributed by atoms with Gasteiger partial charge in [-0.25, -0.2) is 4.79 Å². The first-order chi connectivity index (χ1) is 11.8. The Morgan fingerprint density at radius 2 is 2.16 bits per heavy atom. The van der Waals surface area contributed by atoms with Crippen LogP contribution in [0, 0.1) is 0 Å². The number of carbonyl (C=O) groups excluding carboxylic acids is 1. The van der Waals surface area contributed by atoms with E-state index in [2.05, 4.69) is 35.1 Å². The first-order valence-corrected chi connectivity index (χ1v) is 9.04. The second kappa shape index (κ2) is 6.62. The van der Waals surface area contributed by atoms with E-state index in [1.165, 1.54) is 22.0 Å². The van der Waals surface area contributed by atoms with Gasteiger partial charge in [0.05, 0.1) is 12.1 Å². The van der Waals surface area contributed by atoms with E-state index < -0.39 is 5.60 Å². The molecule has 1 aliphatic heterocycles. The van der Waals surface area contributed by atoms with Crippen LogP contribution in [0.4, 0.5) is 4.79 Å². The first kappa shape index (κ1) is 17.6. The molecule has 2 aromatic rings. The zero-order valence-corrected chi connectivity index (χ0v) is 15.8. The molecule has 1 aliphatic rings. The van der Waals surface area contributed by atoms with Gasteiger partial charge in [-0.1, -0.05) is 6.92 Å². The van der Waals surface area contributed by atoms with Gasteiger partial charge in [-0.2, -0.15) is 0 Å². The molecule has 5 heteroatoms. The fourth-order valence-electron chi connectivity index (χ4n) is 3.44. The fraction of sp³-hybridized carbons (Fsp3) is 0.550. The lowest BCUT2D eigenvalue weighted by Crippen LogP contribution is -2.39. The van der Waals surface area contributed by atoms with Crippen LogP contribution in [-0.2, 0) is 24.1 Å². The van der Waals surface area contributed by atoms with Crippen LogP contribution in [0.3, 0.4) is 0 Å². The summed E-state index contributed by atoms with van der Waals surface area (Å²) in [6.07, 6.45) is 3.75. The molecule has 0 aliphatic carbocycles. The predicted molar refractivity (Wildman–Crippen MR) is 99.3 cm³/mol. The van der Waals surface area contributed by atoms with E-state index >= 15 is 0 Å². The number of hydrogen-bond donors (Lipinski definition) is 1. The molecule has 2 heterocycles. The highest BCUT2D eigenvalue weighted by Crippen LogP contribution is 2.35. The molecule has 0 saturated heterocycles. The van der Waals surface area contributed by atoms with Crippen LogP contribution >= 0.6 is 0 Å². The van der Waals surface area contributed by atoms with Crippen LogP contribution in [0.25, 0.3) is 10.9 Å². The van der Waals surface area contributed by atoms with Crippen molar-refractivity contribution in [3.05, 3.63) is 29.5 Å². The molecule has 5 nitrogen and oxygen atoms in total. The number of carbonyl (C=O) groups is 1. The van der Waals surface area contributed by atoms with Crippen LogP contribution in [0.15, 0.2) is 18.3 Å². The number of nitrogens with one attached hydrogen (secondary N) is 1. The Labute approximate surface area is 149 Å². The Balaban J connectivity index is 1.84. The Morgan fingerprint density at radius 1 is 1.40 bits per heavy atom. The zero-order chi connectivity index (χ0) is 18.2. The Kier molecular flexibility index (Phi) is 4.67. The maximum absolute atomic E-state index is 12.0. The molecule has 3 rings (SSSR count).